The van der Waals surface area contributed by atoms with Crippen molar-refractivity contribution in [2.75, 3.05) is 13.7 Å². The fraction of sp³-hybridized carbons (Fsp3) is 0.564. The summed E-state index contributed by atoms with van der Waals surface area (Å²) in [5, 5.41) is 4.59. The van der Waals surface area contributed by atoms with Crippen LogP contribution in [0.4, 0.5) is 13.6 Å². The van der Waals surface area contributed by atoms with Crippen LogP contribution in [0.3, 0.4) is 0 Å². The normalized spacial score (nSPS) is 27.5. The number of carbonyl (C=O) groups excluding carboxylic acids is 3. The monoisotopic (exact) mass is 783 g/mol. The predicted octanol–water partition coefficient (Wildman–Crippen LogP) is 6.35. The SMILES string of the molecule is COc1ccc2c(OC3C[C@H]4C(=O)N[C@]5(P(=O)(O)Cc6c(F)cccc6F)C[C@@H]5CCCCCCC[C@H](NC(=O)OC5CCCC5)C(=O)N4C3)ncnc2c1. The third kappa shape index (κ3) is 8.42. The number of nitrogens with zero attached hydrogens (tertiary/aromatic N) is 3. The highest BCUT2D eigenvalue weighted by molar-refractivity contribution is 7.59. The summed E-state index contributed by atoms with van der Waals surface area (Å²) in [7, 11) is -2.96. The summed E-state index contributed by atoms with van der Waals surface area (Å²) in [4.78, 5) is 63.8. The fourth-order valence-corrected chi connectivity index (χ4v) is 11.0. The summed E-state index contributed by atoms with van der Waals surface area (Å²) >= 11 is 0. The zero-order valence-electron chi connectivity index (χ0n) is 30.9. The van der Waals surface area contributed by atoms with Crippen LogP contribution in [-0.2, 0) is 25.1 Å². The van der Waals surface area contributed by atoms with E-state index in [2.05, 4.69) is 20.6 Å². The van der Waals surface area contributed by atoms with Crippen LogP contribution in [0.2, 0.25) is 0 Å². The minimum absolute atomic E-state index is 0.00309. The molecule has 2 saturated carbocycles. The number of methoxy groups -OCH3 is 1. The van der Waals surface area contributed by atoms with Crippen molar-refractivity contribution in [1.29, 1.82) is 0 Å². The summed E-state index contributed by atoms with van der Waals surface area (Å²) in [6, 6.07) is 6.28. The maximum Gasteiger partial charge on any atom is 0.408 e. The Labute approximate surface area is 318 Å². The quantitative estimate of drug-likeness (QED) is 0.219. The number of fused-ring (bicyclic) bond motifs is 3. The Kier molecular flexibility index (Phi) is 11.6. The Morgan fingerprint density at radius 2 is 1.71 bits per heavy atom. The standard InChI is InChI=1S/C39H48F2N5O8P/c1-52-26-16-17-28-33(18-26)42-23-43-36(28)53-27-19-34-35(47)45-39(55(50,51)22-29-30(40)13-9-14-31(29)41)20-24(39)10-5-3-2-4-6-15-32(37(48)46(34)21-27)44-38(49)54-25-11-7-8-12-25/h9,13-14,16-18,23-25,27,32,34H,2-8,10-12,15,19-22H2,1H3,(H,44,49)(H,45,47)(H,50,51)/t24-,27?,32-,34-,39-/m0/s1. The average molecular weight is 784 g/mol. The Balaban J connectivity index is 1.19. The summed E-state index contributed by atoms with van der Waals surface area (Å²) in [6.45, 7) is -0.0535. The summed E-state index contributed by atoms with van der Waals surface area (Å²) in [5.41, 5.74) is 0.0421. The van der Waals surface area contributed by atoms with Crippen molar-refractivity contribution in [3.8, 4) is 11.6 Å². The lowest BCUT2D eigenvalue weighted by Gasteiger charge is -2.31. The van der Waals surface area contributed by atoms with Crippen molar-refractivity contribution in [2.45, 2.75) is 119 Å². The van der Waals surface area contributed by atoms with E-state index in [9.17, 15) is 32.6 Å². The zero-order valence-corrected chi connectivity index (χ0v) is 31.8. The predicted molar refractivity (Wildman–Crippen MR) is 197 cm³/mol. The molecule has 3 N–H and O–H groups in total. The number of ether oxygens (including phenoxy) is 3. The third-order valence-electron chi connectivity index (χ3n) is 11.6. The van der Waals surface area contributed by atoms with Gasteiger partial charge in [-0.3, -0.25) is 14.2 Å². The minimum atomic E-state index is -4.50. The first-order valence-corrected chi connectivity index (χ1v) is 21.1. The van der Waals surface area contributed by atoms with Gasteiger partial charge >= 0.3 is 6.09 Å². The molecular weight excluding hydrogens is 735 g/mol. The molecule has 2 aliphatic heterocycles. The Hall–Kier alpha value is -4.36. The molecular formula is C39H48F2N5O8P. The largest absolute Gasteiger partial charge is 0.497 e. The molecule has 0 radical (unpaired) electrons. The minimum Gasteiger partial charge on any atom is -0.497 e. The molecule has 6 atom stereocenters. The van der Waals surface area contributed by atoms with E-state index >= 15 is 0 Å². The van der Waals surface area contributed by atoms with E-state index in [-0.39, 0.29) is 31.4 Å². The van der Waals surface area contributed by atoms with E-state index in [1.165, 1.54) is 17.3 Å². The molecule has 2 aromatic carbocycles. The highest BCUT2D eigenvalue weighted by Crippen LogP contribution is 2.71. The molecule has 16 heteroatoms. The van der Waals surface area contributed by atoms with E-state index in [0.717, 1.165) is 63.5 Å². The number of nitrogens with one attached hydrogen (secondary N) is 2. The highest BCUT2D eigenvalue weighted by Gasteiger charge is 2.66. The number of rotatable bonds is 8. The van der Waals surface area contributed by atoms with Gasteiger partial charge in [-0.05, 0) is 75.1 Å². The second-order valence-corrected chi connectivity index (χ2v) is 17.8. The van der Waals surface area contributed by atoms with Gasteiger partial charge in [0.2, 0.25) is 25.1 Å². The molecule has 4 aliphatic rings. The van der Waals surface area contributed by atoms with Gasteiger partial charge in [-0.2, -0.15) is 0 Å². The Bertz CT molecular complexity index is 1950. The Morgan fingerprint density at radius 1 is 1.00 bits per heavy atom. The van der Waals surface area contributed by atoms with Gasteiger partial charge < -0.3 is 34.6 Å². The van der Waals surface area contributed by atoms with Crippen LogP contribution in [0.5, 0.6) is 11.6 Å². The van der Waals surface area contributed by atoms with Crippen molar-refractivity contribution in [3.05, 3.63) is 59.9 Å². The maximum atomic E-state index is 14.8. The molecule has 3 aromatic rings. The van der Waals surface area contributed by atoms with Gasteiger partial charge in [-0.25, -0.2) is 23.5 Å². The lowest BCUT2D eigenvalue weighted by molar-refractivity contribution is -0.140. The number of halogens is 2. The molecule has 13 nitrogen and oxygen atoms in total. The van der Waals surface area contributed by atoms with Gasteiger partial charge in [0.05, 0.1) is 30.7 Å². The molecule has 2 saturated heterocycles. The fourth-order valence-electron chi connectivity index (χ4n) is 8.49. The van der Waals surface area contributed by atoms with Crippen LogP contribution in [0.1, 0.15) is 89.0 Å². The topological polar surface area (TPSA) is 169 Å². The van der Waals surface area contributed by atoms with E-state index in [1.807, 2.05) is 0 Å². The zero-order chi connectivity index (χ0) is 38.7. The number of hydrogen-bond acceptors (Lipinski definition) is 9. The smallest absolute Gasteiger partial charge is 0.408 e. The van der Waals surface area contributed by atoms with Gasteiger partial charge in [-0.15, -0.1) is 0 Å². The van der Waals surface area contributed by atoms with E-state index in [4.69, 9.17) is 14.2 Å². The Morgan fingerprint density at radius 3 is 2.45 bits per heavy atom. The number of amides is 3. The molecule has 0 bridgehead atoms. The molecule has 3 amide bonds. The molecule has 55 heavy (non-hydrogen) atoms. The lowest BCUT2D eigenvalue weighted by Crippen LogP contribution is -2.55. The molecule has 2 unspecified atom stereocenters. The molecule has 2 aliphatic carbocycles. The number of alkyl carbamates (subject to hydrolysis) is 1. The maximum absolute atomic E-state index is 14.8. The molecule has 0 spiro atoms. The molecule has 296 valence electrons. The van der Waals surface area contributed by atoms with Crippen LogP contribution in [0.15, 0.2) is 42.7 Å². The second kappa shape index (κ2) is 16.4. The first kappa shape index (κ1) is 38.9. The molecule has 4 fully saturated rings. The van der Waals surface area contributed by atoms with Crippen molar-refractivity contribution in [3.63, 3.8) is 0 Å². The first-order valence-electron chi connectivity index (χ1n) is 19.3. The number of carbonyl (C=O) groups is 3. The number of hydrogen-bond donors (Lipinski definition) is 3. The number of aromatic nitrogens is 2. The van der Waals surface area contributed by atoms with Gasteiger partial charge in [0.1, 0.15) is 53.3 Å². The molecule has 3 heterocycles. The van der Waals surface area contributed by atoms with Crippen molar-refractivity contribution in [2.24, 2.45) is 5.92 Å². The summed E-state index contributed by atoms with van der Waals surface area (Å²) < 4.78 is 61.3. The third-order valence-corrected chi connectivity index (χ3v) is 14.3. The summed E-state index contributed by atoms with van der Waals surface area (Å²) in [5.74, 6) is -2.68. The van der Waals surface area contributed by atoms with Gasteiger partial charge in [0.15, 0.2) is 0 Å². The van der Waals surface area contributed by atoms with Crippen LogP contribution in [-0.4, -0.2) is 80.9 Å². The number of benzene rings is 2. The van der Waals surface area contributed by atoms with Crippen molar-refractivity contribution >= 4 is 36.2 Å². The molecule has 1 aromatic heterocycles. The first-order chi connectivity index (χ1) is 26.5. The van der Waals surface area contributed by atoms with E-state index in [0.29, 0.717) is 35.9 Å². The van der Waals surface area contributed by atoms with Crippen LogP contribution in [0.25, 0.3) is 10.9 Å². The van der Waals surface area contributed by atoms with Gasteiger partial charge in [-0.1, -0.05) is 38.2 Å². The van der Waals surface area contributed by atoms with E-state index in [1.54, 1.807) is 25.3 Å². The van der Waals surface area contributed by atoms with Crippen LogP contribution < -0.4 is 20.1 Å². The van der Waals surface area contributed by atoms with Gasteiger partial charge in [0.25, 0.3) is 0 Å². The van der Waals surface area contributed by atoms with E-state index < -0.39 is 78.0 Å². The second-order valence-electron chi connectivity index (χ2n) is 15.3. The van der Waals surface area contributed by atoms with Gasteiger partial charge in [0, 0.05) is 18.1 Å². The van der Waals surface area contributed by atoms with Crippen molar-refractivity contribution in [1.82, 2.24) is 25.5 Å². The van der Waals surface area contributed by atoms with Crippen LogP contribution >= 0.6 is 7.37 Å². The lowest BCUT2D eigenvalue weighted by atomic mass is 10.0. The van der Waals surface area contributed by atoms with Crippen LogP contribution in [0, 0.1) is 17.6 Å². The highest BCUT2D eigenvalue weighted by atomic mass is 31.2. The average Bonchev–Trinajstić information content (AvgIpc) is 3.43. The van der Waals surface area contributed by atoms with Crippen molar-refractivity contribution < 1.29 is 46.8 Å². The summed E-state index contributed by atoms with van der Waals surface area (Å²) in [6.07, 6.45) is 7.07. The molecule has 7 rings (SSSR count).